The minimum Gasteiger partial charge on any atom is -0.354 e. The molecular weight excluding hydrogens is 232 g/mol. The predicted molar refractivity (Wildman–Crippen MR) is 89.3 cm³/mol. The van der Waals surface area contributed by atoms with Crippen molar-refractivity contribution in [3.63, 3.8) is 0 Å². The second kappa shape index (κ2) is 15.3. The summed E-state index contributed by atoms with van der Waals surface area (Å²) in [7, 11) is 0. The highest BCUT2D eigenvalue weighted by Crippen LogP contribution is 2.14. The van der Waals surface area contributed by atoms with Crippen LogP contribution >= 0.6 is 0 Å². The Hall–Kier alpha value is -0.760. The molecule has 0 aromatic heterocycles. The van der Waals surface area contributed by atoms with Gasteiger partial charge in [-0.05, 0) is 44.6 Å². The molecule has 2 heteroatoms. The number of hydrogen-bond acceptors (Lipinski definition) is 2. The van der Waals surface area contributed by atoms with Gasteiger partial charge >= 0.3 is 0 Å². The Bertz CT molecular complexity index is 211. The molecule has 1 aliphatic heterocycles. The fraction of sp³-hybridized carbons (Fsp3) is 0.765. The van der Waals surface area contributed by atoms with E-state index in [-0.39, 0.29) is 0 Å². The zero-order valence-electron chi connectivity index (χ0n) is 14.2. The number of hydrogen-bond donors (Lipinski definition) is 0. The first-order valence-electron chi connectivity index (χ1n) is 7.99. The van der Waals surface area contributed by atoms with E-state index in [0.717, 1.165) is 19.0 Å². The fourth-order valence-corrected chi connectivity index (χ4v) is 2.16. The molecule has 0 aliphatic carbocycles. The van der Waals surface area contributed by atoms with Gasteiger partial charge in [0.25, 0.3) is 0 Å². The van der Waals surface area contributed by atoms with E-state index in [1.807, 2.05) is 40.8 Å². The average molecular weight is 268 g/mol. The maximum Gasteiger partial charge on any atom is 0.0346 e. The number of likely N-dealkylation sites (tertiary alicyclic amines) is 1. The highest BCUT2D eigenvalue weighted by atomic mass is 15.2. The summed E-state index contributed by atoms with van der Waals surface area (Å²) >= 11 is 0. The first-order chi connectivity index (χ1) is 9.26. The molecule has 0 aromatic rings. The Morgan fingerprint density at radius 2 is 1.89 bits per heavy atom. The van der Waals surface area contributed by atoms with E-state index in [1.54, 1.807) is 0 Å². The highest BCUT2D eigenvalue weighted by Gasteiger charge is 2.15. The summed E-state index contributed by atoms with van der Waals surface area (Å²) in [6, 6.07) is 0. The third kappa shape index (κ3) is 10.8. The maximum absolute atomic E-state index is 3.81. The molecule has 2 nitrogen and oxygen atoms in total. The van der Waals surface area contributed by atoms with Crippen LogP contribution in [-0.4, -0.2) is 36.0 Å². The lowest BCUT2D eigenvalue weighted by Gasteiger charge is -2.31. The lowest BCUT2D eigenvalue weighted by Crippen LogP contribution is -2.38. The van der Waals surface area contributed by atoms with E-state index in [1.165, 1.54) is 25.9 Å². The van der Waals surface area contributed by atoms with Crippen molar-refractivity contribution in [3.8, 4) is 0 Å². The molecular formula is C17H36N2. The van der Waals surface area contributed by atoms with Crippen LogP contribution in [0.1, 0.15) is 54.4 Å². The van der Waals surface area contributed by atoms with Crippen LogP contribution in [-0.2, 0) is 0 Å². The van der Waals surface area contributed by atoms with Crippen molar-refractivity contribution >= 4 is 0 Å². The van der Waals surface area contributed by atoms with Crippen LogP contribution in [0.4, 0.5) is 0 Å². The Balaban J connectivity index is 0. The monoisotopic (exact) mass is 268 g/mol. The van der Waals surface area contributed by atoms with Crippen molar-refractivity contribution in [2.24, 2.45) is 5.92 Å². The third-order valence-electron chi connectivity index (χ3n) is 2.99. The Morgan fingerprint density at radius 3 is 2.37 bits per heavy atom. The topological polar surface area (TPSA) is 6.48 Å². The predicted octanol–water partition coefficient (Wildman–Crippen LogP) is 4.75. The van der Waals surface area contributed by atoms with Crippen LogP contribution in [0.3, 0.4) is 0 Å². The van der Waals surface area contributed by atoms with Gasteiger partial charge in [-0.25, -0.2) is 0 Å². The standard InChI is InChI=1S/C13H24N2.2C2H6/c1-4-8-14(5-2)10-11-15-9-6-7-13(3)12-15;2*1-2/h4-5,8,13H,2,6-7,9-12H2,1,3H3;2*1-2H3/b8-4-;;. The largest absolute Gasteiger partial charge is 0.354 e. The molecule has 1 fully saturated rings. The van der Waals surface area contributed by atoms with Crippen molar-refractivity contribution in [2.75, 3.05) is 26.2 Å². The van der Waals surface area contributed by atoms with Gasteiger partial charge < -0.3 is 9.80 Å². The van der Waals surface area contributed by atoms with Gasteiger partial charge in [0.2, 0.25) is 0 Å². The number of allylic oxidation sites excluding steroid dienone is 1. The molecule has 0 amide bonds. The molecule has 0 N–H and O–H groups in total. The van der Waals surface area contributed by atoms with E-state index in [9.17, 15) is 0 Å². The van der Waals surface area contributed by atoms with E-state index < -0.39 is 0 Å². The van der Waals surface area contributed by atoms with E-state index in [0.29, 0.717) is 0 Å². The molecule has 1 aliphatic rings. The van der Waals surface area contributed by atoms with E-state index >= 15 is 0 Å². The molecule has 1 rings (SSSR count). The zero-order chi connectivity index (χ0) is 15.1. The average Bonchev–Trinajstić information content (AvgIpc) is 2.48. The van der Waals surface area contributed by atoms with Gasteiger partial charge in [0.15, 0.2) is 0 Å². The van der Waals surface area contributed by atoms with Gasteiger partial charge in [0.1, 0.15) is 0 Å². The fourth-order valence-electron chi connectivity index (χ4n) is 2.16. The van der Waals surface area contributed by atoms with E-state index in [2.05, 4.69) is 35.6 Å². The van der Waals surface area contributed by atoms with Crippen LogP contribution in [0.15, 0.2) is 25.1 Å². The van der Waals surface area contributed by atoms with Crippen molar-refractivity contribution in [1.82, 2.24) is 9.80 Å². The number of rotatable bonds is 5. The lowest BCUT2D eigenvalue weighted by molar-refractivity contribution is 0.176. The van der Waals surface area contributed by atoms with Gasteiger partial charge in [-0.15, -0.1) is 0 Å². The quantitative estimate of drug-likeness (QED) is 0.710. The normalized spacial score (nSPS) is 18.9. The Morgan fingerprint density at radius 1 is 1.26 bits per heavy atom. The SMILES string of the molecule is C=CN(/C=C\C)CCN1CCCC(C)C1.CC.CC. The number of nitrogens with zero attached hydrogens (tertiary/aromatic N) is 2. The van der Waals surface area contributed by atoms with Gasteiger partial charge in [-0.3, -0.25) is 0 Å². The first kappa shape index (κ1) is 20.6. The van der Waals surface area contributed by atoms with E-state index in [4.69, 9.17) is 0 Å². The van der Waals surface area contributed by atoms with Crippen LogP contribution in [0.2, 0.25) is 0 Å². The van der Waals surface area contributed by atoms with Crippen LogP contribution in [0.25, 0.3) is 0 Å². The van der Waals surface area contributed by atoms with Crippen molar-refractivity contribution in [3.05, 3.63) is 25.1 Å². The summed E-state index contributed by atoms with van der Waals surface area (Å²) in [6.45, 7) is 20.9. The third-order valence-corrected chi connectivity index (χ3v) is 2.99. The van der Waals surface area contributed by atoms with Crippen molar-refractivity contribution in [2.45, 2.75) is 54.4 Å². The molecule has 0 bridgehead atoms. The maximum atomic E-state index is 3.81. The molecule has 0 radical (unpaired) electrons. The van der Waals surface area contributed by atoms with Crippen LogP contribution in [0.5, 0.6) is 0 Å². The second-order valence-corrected chi connectivity index (χ2v) is 4.45. The second-order valence-electron chi connectivity index (χ2n) is 4.45. The molecule has 0 aromatic carbocycles. The molecule has 114 valence electrons. The van der Waals surface area contributed by atoms with Gasteiger partial charge in [-0.2, -0.15) is 0 Å². The summed E-state index contributed by atoms with van der Waals surface area (Å²) in [6.07, 6.45) is 8.80. The summed E-state index contributed by atoms with van der Waals surface area (Å²) in [5, 5.41) is 0. The summed E-state index contributed by atoms with van der Waals surface area (Å²) in [5.74, 6) is 0.873. The molecule has 1 heterocycles. The Labute approximate surface area is 122 Å². The van der Waals surface area contributed by atoms with Crippen LogP contribution in [0, 0.1) is 5.92 Å². The first-order valence-corrected chi connectivity index (χ1v) is 7.99. The summed E-state index contributed by atoms with van der Waals surface area (Å²) in [4.78, 5) is 4.72. The summed E-state index contributed by atoms with van der Waals surface area (Å²) in [5.41, 5.74) is 0. The van der Waals surface area contributed by atoms with Crippen LogP contribution < -0.4 is 0 Å². The highest BCUT2D eigenvalue weighted by molar-refractivity contribution is 4.86. The number of piperidine rings is 1. The van der Waals surface area contributed by atoms with Gasteiger partial charge in [-0.1, -0.05) is 47.3 Å². The Kier molecular flexibility index (Phi) is 16.6. The van der Waals surface area contributed by atoms with Gasteiger partial charge in [0.05, 0.1) is 0 Å². The molecule has 0 saturated carbocycles. The van der Waals surface area contributed by atoms with Gasteiger partial charge in [0, 0.05) is 19.6 Å². The molecule has 1 saturated heterocycles. The molecule has 1 atom stereocenters. The smallest absolute Gasteiger partial charge is 0.0346 e. The van der Waals surface area contributed by atoms with Crippen molar-refractivity contribution in [1.29, 1.82) is 0 Å². The zero-order valence-corrected chi connectivity index (χ0v) is 14.2. The minimum absolute atomic E-state index is 0.873. The van der Waals surface area contributed by atoms with Crippen molar-refractivity contribution < 1.29 is 0 Å². The summed E-state index contributed by atoms with van der Waals surface area (Å²) < 4.78 is 0. The molecule has 19 heavy (non-hydrogen) atoms. The minimum atomic E-state index is 0.873. The molecule has 0 spiro atoms. The molecule has 1 unspecified atom stereocenters. The lowest BCUT2D eigenvalue weighted by atomic mass is 10.0.